The molecule has 0 radical (unpaired) electrons. The lowest BCUT2D eigenvalue weighted by atomic mass is 10.1. The van der Waals surface area contributed by atoms with Crippen molar-refractivity contribution in [2.24, 2.45) is 0 Å². The summed E-state index contributed by atoms with van der Waals surface area (Å²) in [6.07, 6.45) is 2.95. The molecule has 1 amide bonds. The van der Waals surface area contributed by atoms with Crippen LogP contribution >= 0.6 is 11.3 Å². The summed E-state index contributed by atoms with van der Waals surface area (Å²) in [5.74, 6) is 1.14. The highest BCUT2D eigenvalue weighted by Gasteiger charge is 2.31. The van der Waals surface area contributed by atoms with Gasteiger partial charge in [0.05, 0.1) is 30.0 Å². The van der Waals surface area contributed by atoms with Crippen LogP contribution in [0, 0.1) is 0 Å². The number of pyridine rings is 1. The molecule has 0 spiro atoms. The topological polar surface area (TPSA) is 63.0 Å². The van der Waals surface area contributed by atoms with Crippen LogP contribution in [0.25, 0.3) is 5.65 Å². The maximum absolute atomic E-state index is 12.6. The summed E-state index contributed by atoms with van der Waals surface area (Å²) in [5.41, 5.74) is 1.99. The van der Waals surface area contributed by atoms with E-state index >= 15 is 0 Å². The second kappa shape index (κ2) is 6.94. The van der Waals surface area contributed by atoms with Crippen LogP contribution in [0.5, 0.6) is 0 Å². The zero-order valence-electron chi connectivity index (χ0n) is 15.0. The average molecular weight is 383 g/mol. The van der Waals surface area contributed by atoms with E-state index in [0.29, 0.717) is 6.54 Å². The molecule has 27 heavy (non-hydrogen) atoms. The lowest BCUT2D eigenvalue weighted by Gasteiger charge is -2.28. The molecule has 3 aromatic rings. The van der Waals surface area contributed by atoms with Gasteiger partial charge in [-0.15, -0.1) is 11.3 Å². The van der Waals surface area contributed by atoms with Crippen molar-refractivity contribution in [1.29, 1.82) is 0 Å². The third-order valence-electron chi connectivity index (χ3n) is 5.28. The summed E-state index contributed by atoms with van der Waals surface area (Å²) in [6.45, 7) is 4.76. The molecule has 2 aliphatic rings. The number of ether oxygens (including phenoxy) is 1. The number of hydrogen-bond donors (Lipinski definition) is 0. The van der Waals surface area contributed by atoms with Crippen LogP contribution < -0.4 is 4.90 Å². The summed E-state index contributed by atoms with van der Waals surface area (Å²) in [4.78, 5) is 22.3. The van der Waals surface area contributed by atoms with E-state index in [0.717, 1.165) is 61.3 Å². The molecular weight excluding hydrogens is 362 g/mol. The molecule has 0 bridgehead atoms. The van der Waals surface area contributed by atoms with Crippen LogP contribution in [0.4, 0.5) is 5.69 Å². The molecule has 0 aromatic carbocycles. The van der Waals surface area contributed by atoms with Gasteiger partial charge in [0.25, 0.3) is 5.91 Å². The average Bonchev–Trinajstić information content (AvgIpc) is 3.47. The number of rotatable bonds is 3. The number of carbonyl (C=O) groups is 1. The molecule has 8 heteroatoms. The molecule has 0 unspecified atom stereocenters. The maximum atomic E-state index is 12.6. The third kappa shape index (κ3) is 3.19. The van der Waals surface area contributed by atoms with Gasteiger partial charge in [-0.3, -0.25) is 4.79 Å². The Hall–Kier alpha value is -2.45. The van der Waals surface area contributed by atoms with Crippen LogP contribution in [0.15, 0.2) is 35.8 Å². The number of hydrogen-bond acceptors (Lipinski definition) is 6. The zero-order valence-corrected chi connectivity index (χ0v) is 15.8. The standard InChI is InChI=1S/C19H21N5O2S/c25-19(16-2-1-11-27-16)23-6-5-14(12-23)18-20-17-4-3-15(13-24(17)21-18)22-7-9-26-10-8-22/h1-4,11,13-14H,5-10,12H2/t14-/m1/s1. The second-order valence-electron chi connectivity index (χ2n) is 6.97. The van der Waals surface area contributed by atoms with Crippen molar-refractivity contribution >= 4 is 28.6 Å². The van der Waals surface area contributed by atoms with Gasteiger partial charge in [-0.25, -0.2) is 9.50 Å². The van der Waals surface area contributed by atoms with Gasteiger partial charge < -0.3 is 14.5 Å². The van der Waals surface area contributed by atoms with Gasteiger partial charge >= 0.3 is 0 Å². The Morgan fingerprint density at radius 2 is 2.07 bits per heavy atom. The lowest BCUT2D eigenvalue weighted by Crippen LogP contribution is -2.36. The molecule has 0 aliphatic carbocycles. The quantitative estimate of drug-likeness (QED) is 0.694. The van der Waals surface area contributed by atoms with Crippen molar-refractivity contribution in [2.45, 2.75) is 12.3 Å². The van der Waals surface area contributed by atoms with E-state index in [1.165, 1.54) is 11.3 Å². The van der Waals surface area contributed by atoms with Crippen molar-refractivity contribution in [3.8, 4) is 0 Å². The fourth-order valence-corrected chi connectivity index (χ4v) is 4.47. The van der Waals surface area contributed by atoms with Gasteiger partial charge in [-0.1, -0.05) is 6.07 Å². The van der Waals surface area contributed by atoms with E-state index in [4.69, 9.17) is 14.8 Å². The minimum atomic E-state index is 0.117. The Morgan fingerprint density at radius 3 is 2.89 bits per heavy atom. The Bertz CT molecular complexity index is 948. The molecule has 2 aliphatic heterocycles. The van der Waals surface area contributed by atoms with Gasteiger partial charge in [-0.05, 0) is 30.0 Å². The van der Waals surface area contributed by atoms with Gasteiger partial charge in [0, 0.05) is 32.1 Å². The SMILES string of the molecule is O=C(c1cccs1)N1CC[C@@H](c2nc3ccc(N4CCOCC4)cn3n2)C1. The normalized spacial score (nSPS) is 20.5. The number of thiophene rings is 1. The number of aromatic nitrogens is 3. The molecule has 5 rings (SSSR count). The summed E-state index contributed by atoms with van der Waals surface area (Å²) >= 11 is 1.49. The lowest BCUT2D eigenvalue weighted by molar-refractivity contribution is 0.0795. The molecule has 5 heterocycles. The molecule has 0 saturated carbocycles. The second-order valence-corrected chi connectivity index (χ2v) is 7.92. The van der Waals surface area contributed by atoms with Crippen LogP contribution in [0.2, 0.25) is 0 Å². The molecular formula is C19H21N5O2S. The van der Waals surface area contributed by atoms with Crippen molar-refractivity contribution in [3.63, 3.8) is 0 Å². The first-order valence-corrected chi connectivity index (χ1v) is 10.2. The first-order valence-electron chi connectivity index (χ1n) is 9.30. The number of fused-ring (bicyclic) bond motifs is 1. The predicted molar refractivity (Wildman–Crippen MR) is 104 cm³/mol. The highest BCUT2D eigenvalue weighted by Crippen LogP contribution is 2.28. The number of nitrogens with zero attached hydrogens (tertiary/aromatic N) is 5. The first-order chi connectivity index (χ1) is 13.3. The van der Waals surface area contributed by atoms with E-state index in [2.05, 4.69) is 11.0 Å². The third-order valence-corrected chi connectivity index (χ3v) is 6.14. The highest BCUT2D eigenvalue weighted by atomic mass is 32.1. The van der Waals surface area contributed by atoms with E-state index in [1.54, 1.807) is 0 Å². The van der Waals surface area contributed by atoms with Crippen molar-refractivity contribution in [2.75, 3.05) is 44.3 Å². The fourth-order valence-electron chi connectivity index (χ4n) is 3.78. The smallest absolute Gasteiger partial charge is 0.263 e. The van der Waals surface area contributed by atoms with Crippen LogP contribution in [0.1, 0.15) is 27.8 Å². The summed E-state index contributed by atoms with van der Waals surface area (Å²) in [5, 5.41) is 6.66. The number of carbonyl (C=O) groups excluding carboxylic acids is 1. The minimum Gasteiger partial charge on any atom is -0.378 e. The van der Waals surface area contributed by atoms with Crippen molar-refractivity contribution < 1.29 is 9.53 Å². The molecule has 2 fully saturated rings. The van der Waals surface area contributed by atoms with E-state index in [-0.39, 0.29) is 11.8 Å². The summed E-state index contributed by atoms with van der Waals surface area (Å²) in [7, 11) is 0. The number of anilines is 1. The predicted octanol–water partition coefficient (Wildman–Crippen LogP) is 2.26. The molecule has 1 atom stereocenters. The summed E-state index contributed by atoms with van der Waals surface area (Å²) in [6, 6.07) is 7.92. The van der Waals surface area contributed by atoms with Crippen molar-refractivity contribution in [3.05, 3.63) is 46.5 Å². The first kappa shape index (κ1) is 16.7. The molecule has 7 nitrogen and oxygen atoms in total. The largest absolute Gasteiger partial charge is 0.378 e. The number of morpholine rings is 1. The monoisotopic (exact) mass is 383 g/mol. The molecule has 0 N–H and O–H groups in total. The number of amides is 1. The van der Waals surface area contributed by atoms with Gasteiger partial charge in [-0.2, -0.15) is 5.10 Å². The Morgan fingerprint density at radius 1 is 1.19 bits per heavy atom. The van der Waals surface area contributed by atoms with Crippen molar-refractivity contribution in [1.82, 2.24) is 19.5 Å². The fraction of sp³-hybridized carbons (Fsp3) is 0.421. The van der Waals surface area contributed by atoms with Crippen LogP contribution in [-0.4, -0.2) is 64.8 Å². The Labute approximate surface area is 161 Å². The van der Waals surface area contributed by atoms with E-state index in [9.17, 15) is 4.79 Å². The maximum Gasteiger partial charge on any atom is 0.263 e. The molecule has 2 saturated heterocycles. The number of likely N-dealkylation sites (tertiary alicyclic amines) is 1. The summed E-state index contributed by atoms with van der Waals surface area (Å²) < 4.78 is 7.29. The molecule has 3 aromatic heterocycles. The van der Waals surface area contributed by atoms with Gasteiger partial charge in [0.2, 0.25) is 0 Å². The minimum absolute atomic E-state index is 0.117. The Balaban J connectivity index is 1.34. The van der Waals surface area contributed by atoms with Gasteiger partial charge in [0.1, 0.15) is 0 Å². The van der Waals surface area contributed by atoms with Gasteiger partial charge in [0.15, 0.2) is 11.5 Å². The van der Waals surface area contributed by atoms with Crippen LogP contribution in [0.3, 0.4) is 0 Å². The molecule has 140 valence electrons. The zero-order chi connectivity index (χ0) is 18.2. The van der Waals surface area contributed by atoms with Crippen LogP contribution in [-0.2, 0) is 4.74 Å². The Kier molecular flexibility index (Phi) is 4.29. The van der Waals surface area contributed by atoms with E-state index in [1.807, 2.05) is 39.2 Å². The highest BCUT2D eigenvalue weighted by molar-refractivity contribution is 7.12. The van der Waals surface area contributed by atoms with E-state index < -0.39 is 0 Å².